The van der Waals surface area contributed by atoms with Crippen LogP contribution in [0.15, 0.2) is 34.6 Å². The third-order valence-electron chi connectivity index (χ3n) is 4.63. The van der Waals surface area contributed by atoms with Crippen LogP contribution in [0, 0.1) is 34.6 Å². The molecule has 0 atom stereocenters. The van der Waals surface area contributed by atoms with Gasteiger partial charge < -0.3 is 4.57 Å². The number of thiazole rings is 1. The Hall–Kier alpha value is -2.20. The Bertz CT molecular complexity index is 940. The fourth-order valence-electron chi connectivity index (χ4n) is 2.98. The van der Waals surface area contributed by atoms with Gasteiger partial charge in [-0.25, -0.2) is 4.98 Å². The fraction of sp³-hybridized carbons (Fsp3) is 0.300. The lowest BCUT2D eigenvalue weighted by atomic mass is 9.93. The molecule has 0 aliphatic rings. The van der Waals surface area contributed by atoms with Gasteiger partial charge in [-0.3, -0.25) is 4.79 Å². The molecule has 2 heterocycles. The van der Waals surface area contributed by atoms with Gasteiger partial charge in [0.1, 0.15) is 5.01 Å². The summed E-state index contributed by atoms with van der Waals surface area (Å²) < 4.78 is 1.71. The largest absolute Gasteiger partial charge is 0.309 e. The molecule has 0 aliphatic heterocycles. The molecular formula is C20H22N2OS. The molecule has 24 heavy (non-hydrogen) atoms. The molecule has 0 bridgehead atoms. The van der Waals surface area contributed by atoms with Crippen LogP contribution >= 0.6 is 11.3 Å². The second-order valence-electron chi connectivity index (χ2n) is 6.43. The Labute approximate surface area is 146 Å². The van der Waals surface area contributed by atoms with Crippen LogP contribution in [0.3, 0.4) is 0 Å². The van der Waals surface area contributed by atoms with E-state index in [9.17, 15) is 4.79 Å². The second-order valence-corrected chi connectivity index (χ2v) is 7.37. The Morgan fingerprint density at radius 2 is 1.71 bits per heavy atom. The maximum Gasteiger partial charge on any atom is 0.251 e. The fourth-order valence-corrected chi connectivity index (χ4v) is 3.77. The first-order valence-electron chi connectivity index (χ1n) is 8.06. The third kappa shape index (κ3) is 3.06. The zero-order valence-corrected chi connectivity index (χ0v) is 15.6. The maximum atomic E-state index is 12.1. The van der Waals surface area contributed by atoms with E-state index in [4.69, 9.17) is 4.98 Å². The normalized spacial score (nSPS) is 11.0. The van der Waals surface area contributed by atoms with Crippen molar-refractivity contribution in [1.29, 1.82) is 0 Å². The average molecular weight is 338 g/mol. The summed E-state index contributed by atoms with van der Waals surface area (Å²) in [6.07, 6.45) is 1.84. The molecule has 0 radical (unpaired) electrons. The van der Waals surface area contributed by atoms with E-state index in [0.717, 1.165) is 16.3 Å². The smallest absolute Gasteiger partial charge is 0.251 e. The van der Waals surface area contributed by atoms with Crippen molar-refractivity contribution in [1.82, 2.24) is 9.55 Å². The van der Waals surface area contributed by atoms with Gasteiger partial charge in [0.2, 0.25) is 0 Å². The number of hydrogen-bond acceptors (Lipinski definition) is 3. The van der Waals surface area contributed by atoms with Crippen LogP contribution in [-0.2, 0) is 6.54 Å². The van der Waals surface area contributed by atoms with Gasteiger partial charge in [-0.2, -0.15) is 0 Å². The van der Waals surface area contributed by atoms with E-state index >= 15 is 0 Å². The van der Waals surface area contributed by atoms with Crippen LogP contribution in [0.1, 0.15) is 32.8 Å². The topological polar surface area (TPSA) is 34.9 Å². The van der Waals surface area contributed by atoms with Crippen molar-refractivity contribution >= 4 is 11.3 Å². The van der Waals surface area contributed by atoms with E-state index in [0.29, 0.717) is 6.54 Å². The zero-order chi connectivity index (χ0) is 17.4. The molecule has 0 saturated heterocycles. The molecule has 0 fully saturated rings. The Morgan fingerprint density at radius 1 is 1.04 bits per heavy atom. The third-order valence-corrected chi connectivity index (χ3v) is 5.46. The first-order valence-corrected chi connectivity index (χ1v) is 8.94. The SMILES string of the molecule is Cc1ccn(Cc2nc(-c3c(C)c(C)cc(C)c3C)cs2)c(=O)c1. The summed E-state index contributed by atoms with van der Waals surface area (Å²) in [5.41, 5.74) is 8.38. The van der Waals surface area contributed by atoms with Gasteiger partial charge in [0.05, 0.1) is 12.2 Å². The Morgan fingerprint density at radius 3 is 2.33 bits per heavy atom. The van der Waals surface area contributed by atoms with E-state index in [-0.39, 0.29) is 5.56 Å². The van der Waals surface area contributed by atoms with E-state index in [2.05, 4.69) is 39.1 Å². The lowest BCUT2D eigenvalue weighted by Gasteiger charge is -2.13. The molecule has 0 amide bonds. The molecule has 3 rings (SSSR count). The van der Waals surface area contributed by atoms with Gasteiger partial charge in [0.15, 0.2) is 0 Å². The highest BCUT2D eigenvalue weighted by atomic mass is 32.1. The maximum absolute atomic E-state index is 12.1. The van der Waals surface area contributed by atoms with Crippen LogP contribution in [0.4, 0.5) is 0 Å². The van der Waals surface area contributed by atoms with Crippen LogP contribution in [-0.4, -0.2) is 9.55 Å². The molecule has 3 aromatic rings. The number of aryl methyl sites for hydroxylation is 3. The predicted octanol–water partition coefficient (Wildman–Crippen LogP) is 4.56. The van der Waals surface area contributed by atoms with Crippen molar-refractivity contribution in [3.63, 3.8) is 0 Å². The minimum Gasteiger partial charge on any atom is -0.309 e. The number of benzene rings is 1. The minimum atomic E-state index is 0.0190. The summed E-state index contributed by atoms with van der Waals surface area (Å²) in [6, 6.07) is 5.84. The van der Waals surface area contributed by atoms with Gasteiger partial charge in [0.25, 0.3) is 5.56 Å². The lowest BCUT2D eigenvalue weighted by molar-refractivity contribution is 0.752. The second kappa shape index (κ2) is 6.36. The van der Waals surface area contributed by atoms with Gasteiger partial charge in [-0.15, -0.1) is 11.3 Å². The summed E-state index contributed by atoms with van der Waals surface area (Å²) in [6.45, 7) is 11.0. The molecule has 0 spiro atoms. The van der Waals surface area contributed by atoms with Crippen molar-refractivity contribution in [2.75, 3.05) is 0 Å². The van der Waals surface area contributed by atoms with Crippen molar-refractivity contribution in [3.05, 3.63) is 73.0 Å². The first-order chi connectivity index (χ1) is 11.4. The molecule has 124 valence electrons. The van der Waals surface area contributed by atoms with Crippen LogP contribution in [0.25, 0.3) is 11.3 Å². The van der Waals surface area contributed by atoms with E-state index in [1.165, 1.54) is 27.8 Å². The Kier molecular flexibility index (Phi) is 4.41. The standard InChI is InChI=1S/C20H22N2OS/c1-12-6-7-22(19(23)8-12)10-18-21-17(11-24-18)20-15(4)13(2)9-14(3)16(20)5/h6-9,11H,10H2,1-5H3. The van der Waals surface area contributed by atoms with Crippen LogP contribution in [0.2, 0.25) is 0 Å². The quantitative estimate of drug-likeness (QED) is 0.701. The zero-order valence-electron chi connectivity index (χ0n) is 14.8. The molecule has 1 aromatic carbocycles. The molecule has 0 N–H and O–H groups in total. The first kappa shape index (κ1) is 16.7. The van der Waals surface area contributed by atoms with Gasteiger partial charge in [-0.05, 0) is 68.5 Å². The molecule has 0 aliphatic carbocycles. The van der Waals surface area contributed by atoms with E-state index in [1.54, 1.807) is 22.0 Å². The number of pyridine rings is 1. The van der Waals surface area contributed by atoms with Crippen molar-refractivity contribution in [2.45, 2.75) is 41.2 Å². The number of aromatic nitrogens is 2. The average Bonchev–Trinajstić information content (AvgIpc) is 2.97. The van der Waals surface area contributed by atoms with Gasteiger partial charge in [-0.1, -0.05) is 6.07 Å². The van der Waals surface area contributed by atoms with E-state index < -0.39 is 0 Å². The molecule has 0 saturated carbocycles. The number of hydrogen-bond donors (Lipinski definition) is 0. The van der Waals surface area contributed by atoms with Gasteiger partial charge in [0, 0.05) is 23.2 Å². The summed E-state index contributed by atoms with van der Waals surface area (Å²) in [5, 5.41) is 3.05. The lowest BCUT2D eigenvalue weighted by Crippen LogP contribution is -2.19. The molecule has 4 heteroatoms. The highest BCUT2D eigenvalue weighted by Crippen LogP contribution is 2.32. The Balaban J connectivity index is 1.99. The highest BCUT2D eigenvalue weighted by Gasteiger charge is 2.14. The summed E-state index contributed by atoms with van der Waals surface area (Å²) in [7, 11) is 0. The molecule has 2 aromatic heterocycles. The summed E-state index contributed by atoms with van der Waals surface area (Å²) in [5.74, 6) is 0. The van der Waals surface area contributed by atoms with E-state index in [1.807, 2.05) is 19.2 Å². The summed E-state index contributed by atoms with van der Waals surface area (Å²) >= 11 is 1.61. The number of nitrogens with zero attached hydrogens (tertiary/aromatic N) is 2. The van der Waals surface area contributed by atoms with Crippen LogP contribution < -0.4 is 5.56 Å². The van der Waals surface area contributed by atoms with Crippen LogP contribution in [0.5, 0.6) is 0 Å². The highest BCUT2D eigenvalue weighted by molar-refractivity contribution is 7.09. The molecule has 0 unspecified atom stereocenters. The predicted molar refractivity (Wildman–Crippen MR) is 101 cm³/mol. The van der Waals surface area contributed by atoms with Crippen molar-refractivity contribution in [2.24, 2.45) is 0 Å². The molecule has 3 nitrogen and oxygen atoms in total. The van der Waals surface area contributed by atoms with Crippen molar-refractivity contribution < 1.29 is 0 Å². The molecular weight excluding hydrogens is 316 g/mol. The number of rotatable bonds is 3. The monoisotopic (exact) mass is 338 g/mol. The van der Waals surface area contributed by atoms with Gasteiger partial charge >= 0.3 is 0 Å². The minimum absolute atomic E-state index is 0.0190. The summed E-state index contributed by atoms with van der Waals surface area (Å²) in [4.78, 5) is 16.9. The van der Waals surface area contributed by atoms with Crippen molar-refractivity contribution in [3.8, 4) is 11.3 Å².